The molecule has 0 aliphatic carbocycles. The van der Waals surface area contributed by atoms with Crippen molar-refractivity contribution in [3.63, 3.8) is 0 Å². The Bertz CT molecular complexity index is 280. The topological polar surface area (TPSA) is 66.5 Å². The number of aliphatic hydroxyl groups excluding tert-OH is 2. The highest BCUT2D eigenvalue weighted by Crippen LogP contribution is 2.18. The van der Waals surface area contributed by atoms with E-state index in [1.54, 1.807) is 24.3 Å². The maximum absolute atomic E-state index is 9.55. The smallest absolute Gasteiger partial charge is 0.106 e. The molecule has 1 aromatic rings. The first-order valence-electron chi connectivity index (χ1n) is 4.00. The normalized spacial score (nSPS) is 15.4. The van der Waals surface area contributed by atoms with E-state index in [1.165, 1.54) is 0 Å². The number of hydrogen-bond donors (Lipinski definition) is 4. The summed E-state index contributed by atoms with van der Waals surface area (Å²) >= 11 is 4.12. The summed E-state index contributed by atoms with van der Waals surface area (Å²) in [7, 11) is 0. The molecule has 4 heteroatoms. The van der Waals surface area contributed by atoms with Gasteiger partial charge in [-0.05, 0) is 17.7 Å². The first kappa shape index (κ1) is 10.5. The molecule has 0 aromatic heterocycles. The zero-order valence-corrected chi connectivity index (χ0v) is 7.98. The number of benzene rings is 1. The molecular formula is C9H13NO2S. The van der Waals surface area contributed by atoms with Gasteiger partial charge >= 0.3 is 0 Å². The largest absolute Gasteiger partial charge is 0.389 e. The zero-order valence-electron chi connectivity index (χ0n) is 7.09. The second kappa shape index (κ2) is 4.62. The standard InChI is InChI=1S/C9H13NO2S/c10-5-8(11)9(12)6-2-1-3-7(13)4-6/h1-4,8-9,11-13H,5,10H2. The molecule has 4 N–H and O–H groups in total. The highest BCUT2D eigenvalue weighted by atomic mass is 32.1. The third-order valence-electron chi connectivity index (χ3n) is 1.82. The fraction of sp³-hybridized carbons (Fsp3) is 0.333. The second-order valence-corrected chi connectivity index (χ2v) is 3.36. The predicted molar refractivity (Wildman–Crippen MR) is 53.7 cm³/mol. The van der Waals surface area contributed by atoms with E-state index in [-0.39, 0.29) is 6.54 Å². The molecule has 0 heterocycles. The van der Waals surface area contributed by atoms with Crippen LogP contribution in [0.1, 0.15) is 11.7 Å². The number of thiol groups is 1. The van der Waals surface area contributed by atoms with Gasteiger partial charge in [0, 0.05) is 11.4 Å². The lowest BCUT2D eigenvalue weighted by atomic mass is 10.0. The highest BCUT2D eigenvalue weighted by molar-refractivity contribution is 7.80. The van der Waals surface area contributed by atoms with E-state index >= 15 is 0 Å². The van der Waals surface area contributed by atoms with Gasteiger partial charge in [0.15, 0.2) is 0 Å². The average molecular weight is 199 g/mol. The Morgan fingerprint density at radius 3 is 2.62 bits per heavy atom. The number of hydrogen-bond acceptors (Lipinski definition) is 4. The van der Waals surface area contributed by atoms with E-state index in [9.17, 15) is 10.2 Å². The van der Waals surface area contributed by atoms with E-state index in [0.717, 1.165) is 4.90 Å². The van der Waals surface area contributed by atoms with Crippen molar-refractivity contribution in [1.29, 1.82) is 0 Å². The molecule has 0 saturated carbocycles. The molecule has 0 radical (unpaired) electrons. The summed E-state index contributed by atoms with van der Waals surface area (Å²) in [6, 6.07) is 6.99. The highest BCUT2D eigenvalue weighted by Gasteiger charge is 2.16. The van der Waals surface area contributed by atoms with Gasteiger partial charge in [-0.3, -0.25) is 0 Å². The minimum absolute atomic E-state index is 0.0396. The summed E-state index contributed by atoms with van der Waals surface area (Å²) in [5, 5.41) is 18.8. The maximum atomic E-state index is 9.55. The quantitative estimate of drug-likeness (QED) is 0.530. The number of nitrogens with two attached hydrogens (primary N) is 1. The molecule has 72 valence electrons. The Morgan fingerprint density at radius 2 is 2.08 bits per heavy atom. The van der Waals surface area contributed by atoms with Gasteiger partial charge in [0.1, 0.15) is 6.10 Å². The van der Waals surface area contributed by atoms with E-state index in [0.29, 0.717) is 5.56 Å². The summed E-state index contributed by atoms with van der Waals surface area (Å²) in [4.78, 5) is 0.751. The zero-order chi connectivity index (χ0) is 9.84. The SMILES string of the molecule is NCC(O)C(O)c1cccc(S)c1. The molecule has 0 fully saturated rings. The molecule has 13 heavy (non-hydrogen) atoms. The van der Waals surface area contributed by atoms with Gasteiger partial charge in [0.05, 0.1) is 6.10 Å². The van der Waals surface area contributed by atoms with Gasteiger partial charge < -0.3 is 15.9 Å². The van der Waals surface area contributed by atoms with Crippen LogP contribution >= 0.6 is 12.6 Å². The van der Waals surface area contributed by atoms with Crippen LogP contribution in [0, 0.1) is 0 Å². The predicted octanol–water partition coefficient (Wildman–Crippen LogP) is 0.328. The molecule has 0 spiro atoms. The molecule has 3 nitrogen and oxygen atoms in total. The van der Waals surface area contributed by atoms with Crippen LogP contribution in [0.25, 0.3) is 0 Å². The van der Waals surface area contributed by atoms with Crippen molar-refractivity contribution in [2.45, 2.75) is 17.1 Å². The molecule has 0 aliphatic heterocycles. The van der Waals surface area contributed by atoms with Gasteiger partial charge in [0.2, 0.25) is 0 Å². The third kappa shape index (κ3) is 2.70. The van der Waals surface area contributed by atoms with Crippen LogP contribution in [-0.2, 0) is 0 Å². The Hall–Kier alpha value is -0.550. The van der Waals surface area contributed by atoms with Crippen molar-refractivity contribution in [3.8, 4) is 0 Å². The van der Waals surface area contributed by atoms with Crippen LogP contribution < -0.4 is 5.73 Å². The summed E-state index contributed by atoms with van der Waals surface area (Å²) in [6.45, 7) is 0.0396. The van der Waals surface area contributed by atoms with Crippen molar-refractivity contribution < 1.29 is 10.2 Å². The second-order valence-electron chi connectivity index (χ2n) is 2.84. The van der Waals surface area contributed by atoms with Crippen LogP contribution in [-0.4, -0.2) is 22.9 Å². The fourth-order valence-corrected chi connectivity index (χ4v) is 1.29. The minimum Gasteiger partial charge on any atom is -0.389 e. The minimum atomic E-state index is -0.933. The van der Waals surface area contributed by atoms with Gasteiger partial charge in [-0.25, -0.2) is 0 Å². The van der Waals surface area contributed by atoms with E-state index in [4.69, 9.17) is 5.73 Å². The Kier molecular flexibility index (Phi) is 3.74. The number of aliphatic hydroxyl groups is 2. The summed E-state index contributed by atoms with van der Waals surface area (Å²) in [5.41, 5.74) is 5.85. The monoisotopic (exact) mass is 199 g/mol. The molecule has 1 rings (SSSR count). The lowest BCUT2D eigenvalue weighted by molar-refractivity contribution is 0.0242. The third-order valence-corrected chi connectivity index (χ3v) is 2.10. The fourth-order valence-electron chi connectivity index (χ4n) is 1.06. The summed E-state index contributed by atoms with van der Waals surface area (Å²) < 4.78 is 0. The van der Waals surface area contributed by atoms with Crippen molar-refractivity contribution in [2.24, 2.45) is 5.73 Å². The molecule has 0 amide bonds. The van der Waals surface area contributed by atoms with Gasteiger partial charge in [0.25, 0.3) is 0 Å². The van der Waals surface area contributed by atoms with Crippen molar-refractivity contribution in [3.05, 3.63) is 29.8 Å². The van der Waals surface area contributed by atoms with E-state index in [1.807, 2.05) is 0 Å². The maximum Gasteiger partial charge on any atom is 0.106 e. The Balaban J connectivity index is 2.82. The lowest BCUT2D eigenvalue weighted by Crippen LogP contribution is -2.27. The Morgan fingerprint density at radius 1 is 1.38 bits per heavy atom. The van der Waals surface area contributed by atoms with Crippen LogP contribution in [0.2, 0.25) is 0 Å². The van der Waals surface area contributed by atoms with Gasteiger partial charge in [-0.2, -0.15) is 0 Å². The van der Waals surface area contributed by atoms with Crippen LogP contribution in [0.3, 0.4) is 0 Å². The van der Waals surface area contributed by atoms with Gasteiger partial charge in [-0.15, -0.1) is 12.6 Å². The van der Waals surface area contributed by atoms with Crippen LogP contribution in [0.15, 0.2) is 29.2 Å². The van der Waals surface area contributed by atoms with Crippen molar-refractivity contribution >= 4 is 12.6 Å². The summed E-state index contributed by atoms with van der Waals surface area (Å²) in [6.07, 6.45) is -1.85. The summed E-state index contributed by atoms with van der Waals surface area (Å²) in [5.74, 6) is 0. The molecule has 0 bridgehead atoms. The van der Waals surface area contributed by atoms with E-state index < -0.39 is 12.2 Å². The van der Waals surface area contributed by atoms with Crippen molar-refractivity contribution in [2.75, 3.05) is 6.54 Å². The first-order valence-corrected chi connectivity index (χ1v) is 4.45. The van der Waals surface area contributed by atoms with E-state index in [2.05, 4.69) is 12.6 Å². The Labute approximate surface area is 82.6 Å². The van der Waals surface area contributed by atoms with Crippen LogP contribution in [0.4, 0.5) is 0 Å². The molecular weight excluding hydrogens is 186 g/mol. The molecule has 0 aliphatic rings. The molecule has 2 atom stereocenters. The lowest BCUT2D eigenvalue weighted by Gasteiger charge is -2.16. The first-order chi connectivity index (χ1) is 6.15. The molecule has 1 aromatic carbocycles. The number of rotatable bonds is 3. The molecule has 2 unspecified atom stereocenters. The van der Waals surface area contributed by atoms with Crippen molar-refractivity contribution in [1.82, 2.24) is 0 Å². The van der Waals surface area contributed by atoms with Gasteiger partial charge in [-0.1, -0.05) is 12.1 Å². The van der Waals surface area contributed by atoms with Crippen LogP contribution in [0.5, 0.6) is 0 Å². The average Bonchev–Trinajstić information content (AvgIpc) is 2.15. The molecule has 0 saturated heterocycles.